The molecular formula is C27H34Cl2N2S. The molecular weight excluding hydrogens is 455 g/mol. The smallest absolute Gasteiger partial charge is 0.170 e. The average Bonchev–Trinajstić information content (AvgIpc) is 2.74. The minimum Gasteiger partial charge on any atom is -0.362 e. The Morgan fingerprint density at radius 2 is 1.88 bits per heavy atom. The molecule has 1 fully saturated rings. The summed E-state index contributed by atoms with van der Waals surface area (Å²) in [5, 5.41) is 8.48. The van der Waals surface area contributed by atoms with Crippen LogP contribution in [0.5, 0.6) is 0 Å². The van der Waals surface area contributed by atoms with Gasteiger partial charge in [-0.3, -0.25) is 0 Å². The zero-order chi connectivity index (χ0) is 23.1. The summed E-state index contributed by atoms with van der Waals surface area (Å²) < 4.78 is 0. The van der Waals surface area contributed by atoms with Crippen molar-refractivity contribution in [2.24, 2.45) is 11.3 Å². The molecule has 2 aromatic rings. The normalized spacial score (nSPS) is 26.9. The van der Waals surface area contributed by atoms with E-state index in [-0.39, 0.29) is 10.8 Å². The van der Waals surface area contributed by atoms with Gasteiger partial charge in [0.25, 0.3) is 0 Å². The molecule has 2 aliphatic rings. The molecule has 0 bridgehead atoms. The SMILES string of the molecule is CC(C)c1ccc2c(c1)CCC1C(C)(CNC(=S)Nc3ccc(Cl)c(Cl)c3)CCCC21C. The second kappa shape index (κ2) is 9.16. The van der Waals surface area contributed by atoms with Crippen LogP contribution in [0.4, 0.5) is 5.69 Å². The highest BCUT2D eigenvalue weighted by Gasteiger charge is 2.51. The van der Waals surface area contributed by atoms with Gasteiger partial charge in [-0.15, -0.1) is 0 Å². The highest BCUT2D eigenvalue weighted by Crippen LogP contribution is 2.57. The van der Waals surface area contributed by atoms with Crippen molar-refractivity contribution in [1.82, 2.24) is 5.32 Å². The van der Waals surface area contributed by atoms with E-state index in [1.54, 1.807) is 23.3 Å². The van der Waals surface area contributed by atoms with Crippen LogP contribution < -0.4 is 10.6 Å². The highest BCUT2D eigenvalue weighted by molar-refractivity contribution is 7.80. The Balaban J connectivity index is 1.49. The lowest BCUT2D eigenvalue weighted by atomic mass is 9.49. The fraction of sp³-hybridized carbons (Fsp3) is 0.519. The van der Waals surface area contributed by atoms with E-state index in [2.05, 4.69) is 56.5 Å². The number of thiocarbonyl (C=S) groups is 1. The summed E-state index contributed by atoms with van der Waals surface area (Å²) >= 11 is 17.8. The maximum atomic E-state index is 6.14. The first-order chi connectivity index (χ1) is 15.1. The van der Waals surface area contributed by atoms with E-state index in [1.807, 2.05) is 6.07 Å². The lowest BCUT2D eigenvalue weighted by Gasteiger charge is -2.55. The van der Waals surface area contributed by atoms with Gasteiger partial charge < -0.3 is 10.6 Å². The lowest BCUT2D eigenvalue weighted by molar-refractivity contribution is 0.0294. The number of halogens is 2. The molecule has 32 heavy (non-hydrogen) atoms. The number of aryl methyl sites for hydroxylation is 1. The van der Waals surface area contributed by atoms with E-state index in [0.29, 0.717) is 27.0 Å². The van der Waals surface area contributed by atoms with Crippen LogP contribution in [0.25, 0.3) is 0 Å². The first-order valence-corrected chi connectivity index (χ1v) is 12.9. The van der Waals surface area contributed by atoms with Gasteiger partial charge in [-0.1, -0.05) is 75.5 Å². The molecule has 0 radical (unpaired) electrons. The van der Waals surface area contributed by atoms with Crippen LogP contribution in [-0.4, -0.2) is 11.7 Å². The molecule has 3 unspecified atom stereocenters. The predicted molar refractivity (Wildman–Crippen MR) is 142 cm³/mol. The Labute approximate surface area is 208 Å². The van der Waals surface area contributed by atoms with Gasteiger partial charge in [0.05, 0.1) is 10.0 Å². The van der Waals surface area contributed by atoms with Crippen LogP contribution in [0.2, 0.25) is 10.0 Å². The molecule has 0 amide bonds. The quantitative estimate of drug-likeness (QED) is 0.424. The van der Waals surface area contributed by atoms with E-state index in [4.69, 9.17) is 35.4 Å². The first kappa shape index (κ1) is 23.9. The molecule has 0 aromatic heterocycles. The van der Waals surface area contributed by atoms with Crippen LogP contribution >= 0.6 is 35.4 Å². The molecule has 5 heteroatoms. The molecule has 2 nitrogen and oxygen atoms in total. The summed E-state index contributed by atoms with van der Waals surface area (Å²) in [7, 11) is 0. The molecule has 2 N–H and O–H groups in total. The summed E-state index contributed by atoms with van der Waals surface area (Å²) in [6, 6.07) is 12.8. The van der Waals surface area contributed by atoms with Crippen LogP contribution in [-0.2, 0) is 11.8 Å². The van der Waals surface area contributed by atoms with Crippen molar-refractivity contribution in [1.29, 1.82) is 0 Å². The standard InChI is InChI=1S/C27H34Cl2N2S/c1-17(2)18-6-9-21-19(14-18)7-11-24-26(3,12-5-13-27(21,24)4)16-30-25(32)31-20-8-10-22(28)23(29)15-20/h6,8-10,14-15,17,24H,5,7,11-13,16H2,1-4H3,(H2,30,31,32). The van der Waals surface area contributed by atoms with Gasteiger partial charge in [0.1, 0.15) is 0 Å². The number of nitrogens with one attached hydrogen (secondary N) is 2. The molecule has 0 spiro atoms. The number of rotatable bonds is 4. The van der Waals surface area contributed by atoms with Gasteiger partial charge in [0.2, 0.25) is 0 Å². The topological polar surface area (TPSA) is 24.1 Å². The third-order valence-electron chi connectivity index (χ3n) is 8.00. The van der Waals surface area contributed by atoms with Crippen LogP contribution in [0.1, 0.15) is 76.0 Å². The maximum Gasteiger partial charge on any atom is 0.170 e. The molecule has 0 aliphatic heterocycles. The molecule has 0 heterocycles. The summed E-state index contributed by atoms with van der Waals surface area (Å²) in [6.45, 7) is 10.4. The summed E-state index contributed by atoms with van der Waals surface area (Å²) in [5.41, 5.74) is 5.90. The Morgan fingerprint density at radius 3 is 2.59 bits per heavy atom. The van der Waals surface area contributed by atoms with Crippen molar-refractivity contribution >= 4 is 46.2 Å². The molecule has 0 saturated heterocycles. The monoisotopic (exact) mass is 488 g/mol. The van der Waals surface area contributed by atoms with Gasteiger partial charge in [0.15, 0.2) is 5.11 Å². The van der Waals surface area contributed by atoms with Crippen molar-refractivity contribution in [3.63, 3.8) is 0 Å². The zero-order valence-electron chi connectivity index (χ0n) is 19.5. The third kappa shape index (κ3) is 4.54. The molecule has 4 rings (SSSR count). The highest BCUT2D eigenvalue weighted by atomic mass is 35.5. The number of fused-ring (bicyclic) bond motifs is 3. The summed E-state index contributed by atoms with van der Waals surface area (Å²) in [5.74, 6) is 1.22. The Hall–Kier alpha value is -1.29. The fourth-order valence-corrected chi connectivity index (χ4v) is 6.73. The zero-order valence-corrected chi connectivity index (χ0v) is 21.9. The van der Waals surface area contributed by atoms with Crippen LogP contribution in [0, 0.1) is 11.3 Å². The predicted octanol–water partition coefficient (Wildman–Crippen LogP) is 8.11. The average molecular weight is 490 g/mol. The summed E-state index contributed by atoms with van der Waals surface area (Å²) in [6.07, 6.45) is 6.18. The minimum atomic E-state index is 0.199. The minimum absolute atomic E-state index is 0.199. The van der Waals surface area contributed by atoms with Crippen molar-refractivity contribution in [3.8, 4) is 0 Å². The molecule has 1 saturated carbocycles. The first-order valence-electron chi connectivity index (χ1n) is 11.8. The largest absolute Gasteiger partial charge is 0.362 e. The third-order valence-corrected chi connectivity index (χ3v) is 8.98. The number of anilines is 1. The maximum absolute atomic E-state index is 6.14. The second-order valence-electron chi connectivity index (χ2n) is 10.5. The Morgan fingerprint density at radius 1 is 1.09 bits per heavy atom. The van der Waals surface area contributed by atoms with E-state index >= 15 is 0 Å². The molecule has 3 atom stereocenters. The Bertz CT molecular complexity index is 1020. The van der Waals surface area contributed by atoms with Gasteiger partial charge in [-0.2, -0.15) is 0 Å². The van der Waals surface area contributed by atoms with Crippen molar-refractivity contribution in [2.45, 2.75) is 71.1 Å². The van der Waals surface area contributed by atoms with Crippen LogP contribution in [0.15, 0.2) is 36.4 Å². The summed E-state index contributed by atoms with van der Waals surface area (Å²) in [4.78, 5) is 0. The van der Waals surface area contributed by atoms with Gasteiger partial charge in [-0.25, -0.2) is 0 Å². The fourth-order valence-electron chi connectivity index (χ4n) is 6.25. The van der Waals surface area contributed by atoms with Gasteiger partial charge >= 0.3 is 0 Å². The van der Waals surface area contributed by atoms with E-state index in [9.17, 15) is 0 Å². The van der Waals surface area contributed by atoms with Crippen LogP contribution in [0.3, 0.4) is 0 Å². The van der Waals surface area contributed by atoms with Crippen molar-refractivity contribution < 1.29 is 0 Å². The van der Waals surface area contributed by atoms with E-state index < -0.39 is 0 Å². The van der Waals surface area contributed by atoms with E-state index in [0.717, 1.165) is 12.2 Å². The van der Waals surface area contributed by atoms with E-state index in [1.165, 1.54) is 37.7 Å². The Kier molecular flexibility index (Phi) is 6.83. The van der Waals surface area contributed by atoms with Crippen molar-refractivity contribution in [2.75, 3.05) is 11.9 Å². The molecule has 172 valence electrons. The molecule has 2 aliphatic carbocycles. The van der Waals surface area contributed by atoms with Crippen molar-refractivity contribution in [3.05, 3.63) is 63.1 Å². The number of benzene rings is 2. The number of hydrogen-bond acceptors (Lipinski definition) is 1. The van der Waals surface area contributed by atoms with Gasteiger partial charge in [-0.05, 0) is 95.5 Å². The molecule has 2 aromatic carbocycles. The number of hydrogen-bond donors (Lipinski definition) is 2. The lowest BCUT2D eigenvalue weighted by Crippen LogP contribution is -2.53. The van der Waals surface area contributed by atoms with Gasteiger partial charge in [0, 0.05) is 12.2 Å². The second-order valence-corrected chi connectivity index (χ2v) is 11.7.